The maximum Gasteiger partial charge on any atom is 0.137 e. The number of nitrogens with zero attached hydrogens (tertiary/aromatic N) is 2. The Morgan fingerprint density at radius 3 is 2.88 bits per heavy atom. The highest BCUT2D eigenvalue weighted by atomic mass is 79.9. The molecule has 2 rings (SSSR count). The molecule has 1 unspecified atom stereocenters. The van der Waals surface area contributed by atoms with Crippen LogP contribution in [0.5, 0.6) is 0 Å². The lowest BCUT2D eigenvalue weighted by Gasteiger charge is -2.13. The molecule has 0 radical (unpaired) electrons. The van der Waals surface area contributed by atoms with Crippen molar-refractivity contribution in [2.45, 2.75) is 12.5 Å². The van der Waals surface area contributed by atoms with Gasteiger partial charge in [-0.1, -0.05) is 12.1 Å². The third-order valence-corrected chi connectivity index (χ3v) is 3.60. The van der Waals surface area contributed by atoms with Gasteiger partial charge < -0.3 is 5.73 Å². The van der Waals surface area contributed by atoms with Gasteiger partial charge in [0.05, 0.1) is 16.2 Å². The normalized spacial score (nSPS) is 12.7. The Morgan fingerprint density at radius 2 is 2.24 bits per heavy atom. The van der Waals surface area contributed by atoms with Crippen molar-refractivity contribution < 1.29 is 4.39 Å². The van der Waals surface area contributed by atoms with Gasteiger partial charge >= 0.3 is 0 Å². The summed E-state index contributed by atoms with van der Waals surface area (Å²) in [4.78, 5) is 0. The minimum atomic E-state index is -0.264. The highest BCUT2D eigenvalue weighted by molar-refractivity contribution is 9.10. The van der Waals surface area contributed by atoms with Gasteiger partial charge in [0.1, 0.15) is 5.82 Å². The summed E-state index contributed by atoms with van der Waals surface area (Å²) in [5, 5.41) is 4.07. The van der Waals surface area contributed by atoms with Gasteiger partial charge in [-0.3, -0.25) is 4.68 Å². The second-order valence-corrected chi connectivity index (χ2v) is 4.70. The van der Waals surface area contributed by atoms with Crippen molar-refractivity contribution in [1.29, 1.82) is 0 Å². The smallest absolute Gasteiger partial charge is 0.137 e. The molecule has 2 aromatic rings. The van der Waals surface area contributed by atoms with Crippen molar-refractivity contribution in [2.75, 3.05) is 0 Å². The monoisotopic (exact) mass is 297 g/mol. The predicted molar refractivity (Wildman–Crippen MR) is 67.9 cm³/mol. The number of benzene rings is 1. The van der Waals surface area contributed by atoms with Gasteiger partial charge in [-0.05, 0) is 40.0 Å². The Labute approximate surface area is 108 Å². The largest absolute Gasteiger partial charge is 0.322 e. The van der Waals surface area contributed by atoms with Crippen molar-refractivity contribution in [3.8, 4) is 0 Å². The van der Waals surface area contributed by atoms with Gasteiger partial charge in [0.25, 0.3) is 0 Å². The Morgan fingerprint density at radius 1 is 1.47 bits per heavy atom. The second kappa shape index (κ2) is 4.98. The van der Waals surface area contributed by atoms with E-state index in [4.69, 9.17) is 5.73 Å². The van der Waals surface area contributed by atoms with Gasteiger partial charge in [-0.15, -0.1) is 0 Å². The number of aromatic nitrogens is 2. The van der Waals surface area contributed by atoms with Crippen molar-refractivity contribution in [1.82, 2.24) is 9.78 Å². The van der Waals surface area contributed by atoms with Gasteiger partial charge in [-0.2, -0.15) is 5.10 Å². The lowest BCUT2D eigenvalue weighted by atomic mass is 10.0. The van der Waals surface area contributed by atoms with E-state index < -0.39 is 0 Å². The molecule has 1 heterocycles. The Hall–Kier alpha value is -1.20. The summed E-state index contributed by atoms with van der Waals surface area (Å²) >= 11 is 3.24. The molecule has 1 aromatic heterocycles. The maximum atomic E-state index is 13.3. The van der Waals surface area contributed by atoms with E-state index in [0.717, 1.165) is 11.3 Å². The minimum absolute atomic E-state index is 0.194. The number of hydrogen-bond acceptors (Lipinski definition) is 2. The summed E-state index contributed by atoms with van der Waals surface area (Å²) in [5.41, 5.74) is 7.88. The molecule has 0 aliphatic carbocycles. The first-order valence-corrected chi connectivity index (χ1v) is 6.05. The summed E-state index contributed by atoms with van der Waals surface area (Å²) in [5.74, 6) is -0.264. The summed E-state index contributed by atoms with van der Waals surface area (Å²) < 4.78 is 15.6. The molecule has 0 amide bonds. The summed E-state index contributed by atoms with van der Waals surface area (Å²) in [6, 6.07) is 6.65. The Balaban J connectivity index is 2.22. The molecule has 0 spiro atoms. The third-order valence-electron chi connectivity index (χ3n) is 2.71. The molecular weight excluding hydrogens is 285 g/mol. The lowest BCUT2D eigenvalue weighted by Crippen LogP contribution is -2.17. The molecule has 5 heteroatoms. The topological polar surface area (TPSA) is 43.8 Å². The standard InChI is InChI=1S/C12H13BrFN3/c1-17-11(5-6-16-17)10(15)7-8-3-2-4-9(14)12(8)13/h2-6,10H,7,15H2,1H3. The molecule has 0 bridgehead atoms. The van der Waals surface area contributed by atoms with Crippen LogP contribution in [0.1, 0.15) is 17.3 Å². The van der Waals surface area contributed by atoms with E-state index in [1.54, 1.807) is 16.9 Å². The summed E-state index contributed by atoms with van der Waals surface area (Å²) in [6.45, 7) is 0. The lowest BCUT2D eigenvalue weighted by molar-refractivity contribution is 0.600. The van der Waals surface area contributed by atoms with E-state index in [9.17, 15) is 4.39 Å². The molecule has 0 saturated heterocycles. The predicted octanol–water partition coefficient (Wildman–Crippen LogP) is 2.56. The Kier molecular flexibility index (Phi) is 3.59. The van der Waals surface area contributed by atoms with Gasteiger partial charge in [0.15, 0.2) is 0 Å². The van der Waals surface area contributed by atoms with Crippen LogP contribution in [0.15, 0.2) is 34.9 Å². The zero-order valence-corrected chi connectivity index (χ0v) is 11.0. The van der Waals surface area contributed by atoms with Gasteiger partial charge in [0, 0.05) is 13.2 Å². The van der Waals surface area contributed by atoms with Crippen LogP contribution >= 0.6 is 15.9 Å². The number of rotatable bonds is 3. The SMILES string of the molecule is Cn1nccc1C(N)Cc1cccc(F)c1Br. The zero-order valence-electron chi connectivity index (χ0n) is 9.40. The van der Waals surface area contributed by atoms with Crippen LogP contribution in [0.4, 0.5) is 4.39 Å². The molecule has 0 aliphatic heterocycles. The van der Waals surface area contributed by atoms with Crippen molar-refractivity contribution >= 4 is 15.9 Å². The number of nitrogens with two attached hydrogens (primary N) is 1. The highest BCUT2D eigenvalue weighted by Gasteiger charge is 2.13. The molecule has 1 aromatic carbocycles. The molecule has 2 N–H and O–H groups in total. The van der Waals surface area contributed by atoms with Crippen LogP contribution in [0, 0.1) is 5.82 Å². The molecule has 1 atom stereocenters. The van der Waals surface area contributed by atoms with Crippen LogP contribution in [0.2, 0.25) is 0 Å². The number of halogens is 2. The summed E-state index contributed by atoms with van der Waals surface area (Å²) in [7, 11) is 1.84. The average Bonchev–Trinajstić information content (AvgIpc) is 2.71. The van der Waals surface area contributed by atoms with Crippen LogP contribution < -0.4 is 5.73 Å². The quantitative estimate of drug-likeness (QED) is 0.946. The van der Waals surface area contributed by atoms with Crippen molar-refractivity contribution in [2.24, 2.45) is 12.8 Å². The molecular formula is C12H13BrFN3. The fraction of sp³-hybridized carbons (Fsp3) is 0.250. The average molecular weight is 298 g/mol. The molecule has 0 saturated carbocycles. The highest BCUT2D eigenvalue weighted by Crippen LogP contribution is 2.24. The third kappa shape index (κ3) is 2.56. The molecule has 90 valence electrons. The molecule has 0 aliphatic rings. The fourth-order valence-corrected chi connectivity index (χ4v) is 2.22. The van der Waals surface area contributed by atoms with Crippen LogP contribution in [0.3, 0.4) is 0 Å². The number of aryl methyl sites for hydroxylation is 1. The second-order valence-electron chi connectivity index (χ2n) is 3.90. The van der Waals surface area contributed by atoms with Crippen molar-refractivity contribution in [3.63, 3.8) is 0 Å². The first kappa shape index (κ1) is 12.3. The zero-order chi connectivity index (χ0) is 12.4. The number of hydrogen-bond donors (Lipinski definition) is 1. The summed E-state index contributed by atoms with van der Waals surface area (Å²) in [6.07, 6.45) is 2.27. The van der Waals surface area contributed by atoms with Crippen LogP contribution in [-0.4, -0.2) is 9.78 Å². The van der Waals surface area contributed by atoms with Gasteiger partial charge in [0.2, 0.25) is 0 Å². The first-order valence-electron chi connectivity index (χ1n) is 5.26. The molecule has 17 heavy (non-hydrogen) atoms. The van der Waals surface area contributed by atoms with E-state index in [-0.39, 0.29) is 11.9 Å². The van der Waals surface area contributed by atoms with E-state index in [0.29, 0.717) is 10.9 Å². The molecule has 0 fully saturated rings. The van der Waals surface area contributed by atoms with E-state index in [2.05, 4.69) is 21.0 Å². The van der Waals surface area contributed by atoms with E-state index >= 15 is 0 Å². The minimum Gasteiger partial charge on any atom is -0.322 e. The Bertz CT molecular complexity index is 524. The maximum absolute atomic E-state index is 13.3. The van der Waals surface area contributed by atoms with Crippen LogP contribution in [0.25, 0.3) is 0 Å². The van der Waals surface area contributed by atoms with Crippen LogP contribution in [-0.2, 0) is 13.5 Å². The fourth-order valence-electron chi connectivity index (χ4n) is 1.80. The van der Waals surface area contributed by atoms with E-state index in [1.165, 1.54) is 6.07 Å². The first-order chi connectivity index (χ1) is 8.09. The van der Waals surface area contributed by atoms with E-state index in [1.807, 2.05) is 19.2 Å². The van der Waals surface area contributed by atoms with Gasteiger partial charge in [-0.25, -0.2) is 4.39 Å². The molecule has 3 nitrogen and oxygen atoms in total. The van der Waals surface area contributed by atoms with Crippen molar-refractivity contribution in [3.05, 3.63) is 52.0 Å².